The van der Waals surface area contributed by atoms with Crippen molar-refractivity contribution in [2.24, 2.45) is 0 Å². The second kappa shape index (κ2) is 13.0. The summed E-state index contributed by atoms with van der Waals surface area (Å²) in [6, 6.07) is 10.4. The van der Waals surface area contributed by atoms with E-state index in [0.717, 1.165) is 5.56 Å². The molecule has 0 bridgehead atoms. The van der Waals surface area contributed by atoms with Gasteiger partial charge in [-0.1, -0.05) is 30.3 Å². The summed E-state index contributed by atoms with van der Waals surface area (Å²) in [5.41, 5.74) is 0.892. The molecule has 9 nitrogen and oxygen atoms in total. The average Bonchev–Trinajstić information content (AvgIpc) is 3.13. The largest absolute Gasteiger partial charge is 0.494 e. The number of amides is 3. The molecule has 3 amide bonds. The van der Waals surface area contributed by atoms with E-state index in [4.69, 9.17) is 0 Å². The van der Waals surface area contributed by atoms with Gasteiger partial charge in [0.1, 0.15) is 12.1 Å². The van der Waals surface area contributed by atoms with Crippen LogP contribution in [0.1, 0.15) is 12.0 Å². The third kappa shape index (κ3) is 7.93. The van der Waals surface area contributed by atoms with E-state index in [0.29, 0.717) is 12.2 Å². The lowest BCUT2D eigenvalue weighted by atomic mass is 10.0. The summed E-state index contributed by atoms with van der Waals surface area (Å²) in [6.45, 7) is 0.168. The van der Waals surface area contributed by atoms with Gasteiger partial charge in [-0.3, -0.25) is 19.0 Å². The summed E-state index contributed by atoms with van der Waals surface area (Å²) in [5.74, 6) is -1.19. The molecule has 0 aliphatic heterocycles. The van der Waals surface area contributed by atoms with E-state index >= 15 is 0 Å². The smallest absolute Gasteiger partial charge is 0.244 e. The van der Waals surface area contributed by atoms with Crippen molar-refractivity contribution in [3.8, 4) is 11.8 Å². The summed E-state index contributed by atoms with van der Waals surface area (Å²) < 4.78 is 1.25. The molecule has 11 heteroatoms. The first-order chi connectivity index (χ1) is 15.8. The quantitative estimate of drug-likeness (QED) is 0.243. The molecule has 2 rings (SSSR count). The fourth-order valence-electron chi connectivity index (χ4n) is 3.18. The Balaban J connectivity index is 2.00. The van der Waals surface area contributed by atoms with Crippen LogP contribution in [-0.4, -0.2) is 68.9 Å². The van der Waals surface area contributed by atoms with Gasteiger partial charge in [0.05, 0.1) is 5.25 Å². The van der Waals surface area contributed by atoms with E-state index < -0.39 is 29.1 Å². The average molecular weight is 495 g/mol. The highest BCUT2D eigenvalue weighted by Crippen LogP contribution is 2.22. The fourth-order valence-corrected chi connectivity index (χ4v) is 3.94. The Morgan fingerprint density at radius 1 is 0.970 bits per heavy atom. The van der Waals surface area contributed by atoms with Crippen LogP contribution in [-0.2, 0) is 27.3 Å². The molecule has 3 atom stereocenters. The Kier molecular flexibility index (Phi) is 10.5. The van der Waals surface area contributed by atoms with Gasteiger partial charge >= 0.3 is 0 Å². The van der Waals surface area contributed by atoms with Gasteiger partial charge in [0.25, 0.3) is 0 Å². The molecule has 5 N–H and O–H groups in total. The van der Waals surface area contributed by atoms with Crippen LogP contribution in [0.4, 0.5) is 0 Å². The van der Waals surface area contributed by atoms with Crippen molar-refractivity contribution in [1.29, 1.82) is 0 Å². The van der Waals surface area contributed by atoms with E-state index in [2.05, 4.69) is 28.6 Å². The van der Waals surface area contributed by atoms with Crippen LogP contribution in [0.2, 0.25) is 0 Å². The number of thiol groups is 1. The lowest BCUT2D eigenvalue weighted by Gasteiger charge is -2.23. The summed E-state index contributed by atoms with van der Waals surface area (Å²) in [6.07, 6.45) is 2.33. The zero-order chi connectivity index (χ0) is 24.4. The third-order valence-electron chi connectivity index (χ3n) is 4.99. The highest BCUT2D eigenvalue weighted by atomic mass is 32.2. The number of rotatable bonds is 12. The van der Waals surface area contributed by atoms with Crippen LogP contribution in [0, 0.1) is 0 Å². The summed E-state index contributed by atoms with van der Waals surface area (Å²) in [5, 5.41) is 26.6. The van der Waals surface area contributed by atoms with E-state index in [1.54, 1.807) is 0 Å². The minimum Gasteiger partial charge on any atom is -0.494 e. The standard InChI is InChI=1S/C22H30N4O5S2/c1-23-20(29)15(12-14-6-4-3-5-7-14)24-21(30)16(13-33-2)25-22(31)17(32)10-11-26-18(27)8-9-19(26)28/h3-9,15-17,27-28,32H,10-13H2,1-2H3,(H,23,29)(H,24,30)(H,25,31)/t15-,16-,17-/m0/s1. The maximum Gasteiger partial charge on any atom is 0.244 e. The molecule has 0 saturated heterocycles. The number of aromatic nitrogens is 1. The molecular formula is C22H30N4O5S2. The van der Waals surface area contributed by atoms with Gasteiger partial charge < -0.3 is 26.2 Å². The topological polar surface area (TPSA) is 133 Å². The minimum atomic E-state index is -0.863. The van der Waals surface area contributed by atoms with Gasteiger partial charge in [0.2, 0.25) is 17.7 Å². The molecule has 0 aliphatic carbocycles. The number of hydrogen-bond acceptors (Lipinski definition) is 7. The van der Waals surface area contributed by atoms with Gasteiger partial charge in [0.15, 0.2) is 11.8 Å². The second-order valence-corrected chi connectivity index (χ2v) is 8.92. The number of nitrogens with one attached hydrogen (secondary N) is 3. The molecule has 33 heavy (non-hydrogen) atoms. The number of carbonyl (C=O) groups is 3. The zero-order valence-corrected chi connectivity index (χ0v) is 20.2. The Bertz CT molecular complexity index is 919. The first-order valence-corrected chi connectivity index (χ1v) is 12.3. The van der Waals surface area contributed by atoms with E-state index in [1.807, 2.05) is 36.6 Å². The van der Waals surface area contributed by atoms with Crippen molar-refractivity contribution in [2.45, 2.75) is 36.7 Å². The normalized spacial score (nSPS) is 13.5. The minimum absolute atomic E-state index is 0.119. The first kappa shape index (κ1) is 26.5. The number of benzene rings is 1. The highest BCUT2D eigenvalue weighted by Gasteiger charge is 2.28. The number of aromatic hydroxyl groups is 2. The Labute approximate surface area is 202 Å². The SMILES string of the molecule is CNC(=O)[C@H](Cc1ccccc1)NC(=O)[C@H](CSC)NC(=O)[C@@H](S)CCn1c(O)ccc1O. The molecule has 0 fully saturated rings. The molecule has 0 unspecified atom stereocenters. The maximum absolute atomic E-state index is 12.9. The molecule has 0 radical (unpaired) electrons. The number of thioether (sulfide) groups is 1. The highest BCUT2D eigenvalue weighted by molar-refractivity contribution is 7.98. The fraction of sp³-hybridized carbons (Fsp3) is 0.409. The monoisotopic (exact) mass is 494 g/mol. The van der Waals surface area contributed by atoms with Gasteiger partial charge in [-0.25, -0.2) is 0 Å². The van der Waals surface area contributed by atoms with Crippen LogP contribution >= 0.6 is 24.4 Å². The van der Waals surface area contributed by atoms with Crippen LogP contribution in [0.5, 0.6) is 11.8 Å². The molecule has 0 spiro atoms. The second-order valence-electron chi connectivity index (χ2n) is 7.39. The van der Waals surface area contributed by atoms with Crippen molar-refractivity contribution in [1.82, 2.24) is 20.5 Å². The molecule has 0 aliphatic rings. The van der Waals surface area contributed by atoms with Crippen molar-refractivity contribution < 1.29 is 24.6 Å². The van der Waals surface area contributed by atoms with E-state index in [-0.39, 0.29) is 30.6 Å². The van der Waals surface area contributed by atoms with Crippen molar-refractivity contribution >= 4 is 42.1 Å². The maximum atomic E-state index is 12.9. The van der Waals surface area contributed by atoms with Crippen molar-refractivity contribution in [2.75, 3.05) is 19.1 Å². The van der Waals surface area contributed by atoms with Gasteiger partial charge in [-0.2, -0.15) is 24.4 Å². The van der Waals surface area contributed by atoms with Crippen LogP contribution in [0.25, 0.3) is 0 Å². The zero-order valence-electron chi connectivity index (χ0n) is 18.5. The molecular weight excluding hydrogens is 464 g/mol. The predicted molar refractivity (Wildman–Crippen MR) is 132 cm³/mol. The van der Waals surface area contributed by atoms with E-state index in [1.165, 1.54) is 35.5 Å². The van der Waals surface area contributed by atoms with Gasteiger partial charge in [0, 0.05) is 37.9 Å². The molecule has 180 valence electrons. The van der Waals surface area contributed by atoms with Crippen LogP contribution in [0.3, 0.4) is 0 Å². The third-order valence-corrected chi connectivity index (χ3v) is 6.15. The Morgan fingerprint density at radius 3 is 2.15 bits per heavy atom. The van der Waals surface area contributed by atoms with Crippen LogP contribution < -0.4 is 16.0 Å². The Morgan fingerprint density at radius 2 is 1.58 bits per heavy atom. The number of carbonyl (C=O) groups excluding carboxylic acids is 3. The number of hydrogen-bond donors (Lipinski definition) is 6. The molecule has 2 aromatic rings. The predicted octanol–water partition coefficient (Wildman–Crippen LogP) is 0.909. The Hall–Kier alpha value is -2.79. The summed E-state index contributed by atoms with van der Waals surface area (Å²) in [7, 11) is 1.50. The van der Waals surface area contributed by atoms with Crippen molar-refractivity contribution in [3.63, 3.8) is 0 Å². The molecule has 1 heterocycles. The molecule has 1 aromatic heterocycles. The molecule has 0 saturated carbocycles. The number of nitrogens with zero attached hydrogens (tertiary/aromatic N) is 1. The molecule has 1 aromatic carbocycles. The van der Waals surface area contributed by atoms with E-state index in [9.17, 15) is 24.6 Å². The van der Waals surface area contributed by atoms with Crippen LogP contribution in [0.15, 0.2) is 42.5 Å². The summed E-state index contributed by atoms with van der Waals surface area (Å²) >= 11 is 5.69. The summed E-state index contributed by atoms with van der Waals surface area (Å²) in [4.78, 5) is 37.9. The lowest BCUT2D eigenvalue weighted by Crippen LogP contribution is -2.55. The number of likely N-dealkylation sites (N-methyl/N-ethyl adjacent to an activating group) is 1. The first-order valence-electron chi connectivity index (χ1n) is 10.4. The lowest BCUT2D eigenvalue weighted by molar-refractivity contribution is -0.131. The van der Waals surface area contributed by atoms with Crippen molar-refractivity contribution in [3.05, 3.63) is 48.0 Å². The van der Waals surface area contributed by atoms with Gasteiger partial charge in [-0.15, -0.1) is 0 Å². The van der Waals surface area contributed by atoms with Gasteiger partial charge in [-0.05, 0) is 18.2 Å².